The fourth-order valence-corrected chi connectivity index (χ4v) is 3.12. The van der Waals surface area contributed by atoms with Gasteiger partial charge in [0, 0.05) is 29.8 Å². The van der Waals surface area contributed by atoms with Crippen molar-refractivity contribution < 1.29 is 14.6 Å². The molecule has 0 fully saturated rings. The molecule has 2 N–H and O–H groups in total. The average Bonchev–Trinajstić information content (AvgIpc) is 2.86. The summed E-state index contributed by atoms with van der Waals surface area (Å²) in [7, 11) is 1.00. The Bertz CT molecular complexity index is 1040. The lowest BCUT2D eigenvalue weighted by Gasteiger charge is -2.16. The Morgan fingerprint density at radius 3 is 2.55 bits per heavy atom. The molecule has 7 heteroatoms. The van der Waals surface area contributed by atoms with E-state index in [-0.39, 0.29) is 0 Å². The number of hydrogen-bond acceptors (Lipinski definition) is 5. The summed E-state index contributed by atoms with van der Waals surface area (Å²) in [6, 6.07) is 21.3. The number of aliphatic hydroxyl groups excluding tert-OH is 1. The van der Waals surface area contributed by atoms with E-state index in [1.54, 1.807) is 12.1 Å². The first-order chi connectivity index (χ1) is 16.2. The molecule has 0 spiro atoms. The number of rotatable bonds is 10. The maximum absolute atomic E-state index is 7.00. The summed E-state index contributed by atoms with van der Waals surface area (Å²) < 4.78 is 11.6. The van der Waals surface area contributed by atoms with Crippen LogP contribution in [0.5, 0.6) is 5.75 Å². The Hall–Kier alpha value is -2.83. The largest absolute Gasteiger partial charge is 0.488 e. The van der Waals surface area contributed by atoms with Crippen LogP contribution in [0, 0.1) is 0 Å². The van der Waals surface area contributed by atoms with Crippen molar-refractivity contribution in [3.8, 4) is 5.75 Å². The van der Waals surface area contributed by atoms with E-state index in [2.05, 4.69) is 10.3 Å². The molecule has 33 heavy (non-hydrogen) atoms. The molecule has 174 valence electrons. The van der Waals surface area contributed by atoms with Crippen LogP contribution in [-0.2, 0) is 18.0 Å². The highest BCUT2D eigenvalue weighted by Crippen LogP contribution is 2.31. The maximum Gasteiger partial charge on any atom is 0.130 e. The second-order valence-electron chi connectivity index (χ2n) is 6.59. The molecule has 5 nitrogen and oxygen atoms in total. The van der Waals surface area contributed by atoms with Gasteiger partial charge in [-0.25, -0.2) is 4.98 Å². The topological polar surface area (TPSA) is 63.6 Å². The van der Waals surface area contributed by atoms with E-state index in [9.17, 15) is 0 Å². The first-order valence-corrected chi connectivity index (χ1v) is 11.2. The van der Waals surface area contributed by atoms with Crippen molar-refractivity contribution in [2.75, 3.05) is 19.0 Å². The van der Waals surface area contributed by atoms with Crippen molar-refractivity contribution in [3.05, 3.63) is 106 Å². The van der Waals surface area contributed by atoms with Crippen molar-refractivity contribution in [3.63, 3.8) is 0 Å². The third kappa shape index (κ3) is 8.91. The molecule has 0 aliphatic rings. The first-order valence-electron chi connectivity index (χ1n) is 10.4. The van der Waals surface area contributed by atoms with Crippen molar-refractivity contribution in [1.29, 1.82) is 0 Å². The van der Waals surface area contributed by atoms with Crippen molar-refractivity contribution >= 4 is 34.7 Å². The second kappa shape index (κ2) is 15.1. The Balaban J connectivity index is 0.00000187. The van der Waals surface area contributed by atoms with Gasteiger partial charge in [-0.2, -0.15) is 0 Å². The lowest BCUT2D eigenvalue weighted by Crippen LogP contribution is -2.05. The number of pyridine rings is 1. The normalized spacial score (nSPS) is 11.1. The SMILES string of the molecule is CCOCc1cccc(N/C(=C\C=C\Cl)c2cc(Cl)ccc2OCc2ccccc2)n1.CO. The van der Waals surface area contributed by atoms with Gasteiger partial charge in [-0.1, -0.05) is 59.6 Å². The highest BCUT2D eigenvalue weighted by atomic mass is 35.5. The molecule has 0 saturated carbocycles. The van der Waals surface area contributed by atoms with Gasteiger partial charge in [0.05, 0.1) is 18.0 Å². The van der Waals surface area contributed by atoms with E-state index in [1.165, 1.54) is 5.54 Å². The molecule has 0 unspecified atom stereocenters. The summed E-state index contributed by atoms with van der Waals surface area (Å²) in [5.41, 5.74) is 4.91. The van der Waals surface area contributed by atoms with Gasteiger partial charge in [0.15, 0.2) is 0 Å². The van der Waals surface area contributed by atoms with Gasteiger partial charge in [-0.3, -0.25) is 0 Å². The second-order valence-corrected chi connectivity index (χ2v) is 7.28. The summed E-state index contributed by atoms with van der Waals surface area (Å²) in [5, 5.41) is 11.0. The minimum atomic E-state index is 0.441. The molecule has 0 atom stereocenters. The minimum absolute atomic E-state index is 0.441. The number of allylic oxidation sites excluding steroid dienone is 2. The third-order valence-electron chi connectivity index (χ3n) is 4.33. The summed E-state index contributed by atoms with van der Waals surface area (Å²) in [6.45, 7) is 3.48. The summed E-state index contributed by atoms with van der Waals surface area (Å²) in [6.07, 6.45) is 3.58. The molecule has 0 aliphatic carbocycles. The van der Waals surface area contributed by atoms with Crippen molar-refractivity contribution in [1.82, 2.24) is 4.98 Å². The number of halogens is 2. The molecule has 3 aromatic rings. The van der Waals surface area contributed by atoms with Crippen LogP contribution in [0.3, 0.4) is 0 Å². The number of benzene rings is 2. The maximum atomic E-state index is 7.00. The van der Waals surface area contributed by atoms with Crippen LogP contribution in [0.1, 0.15) is 23.7 Å². The molecular formula is C26H28Cl2N2O3. The molecule has 0 amide bonds. The van der Waals surface area contributed by atoms with Gasteiger partial charge in [-0.05, 0) is 55.0 Å². The number of aromatic nitrogens is 1. The zero-order chi connectivity index (χ0) is 23.9. The Labute approximate surface area is 205 Å². The lowest BCUT2D eigenvalue weighted by molar-refractivity contribution is 0.131. The minimum Gasteiger partial charge on any atom is -0.488 e. The molecule has 2 aromatic carbocycles. The smallest absolute Gasteiger partial charge is 0.130 e. The van der Waals surface area contributed by atoms with Gasteiger partial charge >= 0.3 is 0 Å². The van der Waals surface area contributed by atoms with E-state index >= 15 is 0 Å². The highest BCUT2D eigenvalue weighted by molar-refractivity contribution is 6.30. The number of aliphatic hydroxyl groups is 1. The van der Waals surface area contributed by atoms with Crippen LogP contribution in [0.2, 0.25) is 5.02 Å². The third-order valence-corrected chi connectivity index (χ3v) is 4.71. The van der Waals surface area contributed by atoms with Crippen LogP contribution >= 0.6 is 23.2 Å². The molecule has 0 aliphatic heterocycles. The zero-order valence-electron chi connectivity index (χ0n) is 18.7. The first kappa shape index (κ1) is 26.4. The Kier molecular flexibility index (Phi) is 12.1. The van der Waals surface area contributed by atoms with Gasteiger partial charge in [-0.15, -0.1) is 0 Å². The van der Waals surface area contributed by atoms with Gasteiger partial charge < -0.3 is 19.9 Å². The molecule has 0 bridgehead atoms. The quantitative estimate of drug-likeness (QED) is 0.313. The number of nitrogens with zero attached hydrogens (tertiary/aromatic N) is 1. The van der Waals surface area contributed by atoms with Crippen LogP contribution in [-0.4, -0.2) is 23.8 Å². The van der Waals surface area contributed by atoms with Crippen LogP contribution in [0.4, 0.5) is 5.82 Å². The summed E-state index contributed by atoms with van der Waals surface area (Å²) in [4.78, 5) is 4.62. The summed E-state index contributed by atoms with van der Waals surface area (Å²) in [5.74, 6) is 1.38. The van der Waals surface area contributed by atoms with Gasteiger partial charge in [0.1, 0.15) is 18.2 Å². The summed E-state index contributed by atoms with van der Waals surface area (Å²) >= 11 is 12.1. The molecule has 3 rings (SSSR count). The molecule has 0 saturated heterocycles. The highest BCUT2D eigenvalue weighted by Gasteiger charge is 2.12. The predicted octanol–water partition coefficient (Wildman–Crippen LogP) is 6.66. The Morgan fingerprint density at radius 2 is 1.82 bits per heavy atom. The van der Waals surface area contributed by atoms with E-state index in [1.807, 2.05) is 73.7 Å². The van der Waals surface area contributed by atoms with E-state index in [4.69, 9.17) is 37.8 Å². The standard InChI is InChI=1S/C25H24Cl2N2O2.CH4O/c1-2-30-18-21-10-6-12-25(28-21)29-23(11-7-15-26)22-16-20(27)13-14-24(22)31-17-19-8-4-3-5-9-19;1-2/h3-16H,2,17-18H2,1H3,(H,28,29);2H,1H3/b15-7+,23-11-;. The van der Waals surface area contributed by atoms with Crippen LogP contribution in [0.25, 0.3) is 5.70 Å². The Morgan fingerprint density at radius 1 is 1.03 bits per heavy atom. The lowest BCUT2D eigenvalue weighted by atomic mass is 10.1. The van der Waals surface area contributed by atoms with Crippen molar-refractivity contribution in [2.24, 2.45) is 0 Å². The van der Waals surface area contributed by atoms with Crippen molar-refractivity contribution in [2.45, 2.75) is 20.1 Å². The number of ether oxygens (including phenoxy) is 2. The zero-order valence-corrected chi connectivity index (χ0v) is 20.2. The predicted molar refractivity (Wildman–Crippen MR) is 137 cm³/mol. The fraction of sp³-hybridized carbons (Fsp3) is 0.192. The van der Waals surface area contributed by atoms with Crippen LogP contribution < -0.4 is 10.1 Å². The van der Waals surface area contributed by atoms with E-state index in [0.29, 0.717) is 36.4 Å². The monoisotopic (exact) mass is 486 g/mol. The molecule has 1 aromatic heterocycles. The molecule has 0 radical (unpaired) electrons. The van der Waals surface area contributed by atoms with E-state index in [0.717, 1.165) is 29.6 Å². The molecular weight excluding hydrogens is 459 g/mol. The fourth-order valence-electron chi connectivity index (χ4n) is 2.88. The molecule has 1 heterocycles. The number of hydrogen-bond donors (Lipinski definition) is 2. The van der Waals surface area contributed by atoms with Crippen LogP contribution in [0.15, 0.2) is 84.4 Å². The van der Waals surface area contributed by atoms with Gasteiger partial charge in [0.2, 0.25) is 0 Å². The van der Waals surface area contributed by atoms with Gasteiger partial charge in [0.25, 0.3) is 0 Å². The average molecular weight is 487 g/mol. The van der Waals surface area contributed by atoms with E-state index < -0.39 is 0 Å². The number of anilines is 1. The number of nitrogens with one attached hydrogen (secondary N) is 1.